The van der Waals surface area contributed by atoms with Gasteiger partial charge in [-0.3, -0.25) is 9.69 Å². The van der Waals surface area contributed by atoms with Gasteiger partial charge in [0.05, 0.1) is 36.9 Å². The van der Waals surface area contributed by atoms with Crippen molar-refractivity contribution in [3.8, 4) is 16.9 Å². The summed E-state index contributed by atoms with van der Waals surface area (Å²) in [4.78, 5) is 37.8. The lowest BCUT2D eigenvalue weighted by molar-refractivity contribution is -0.143. The number of anilines is 1. The second-order valence-corrected chi connectivity index (χ2v) is 12.0. The number of alkyl halides is 3. The van der Waals surface area contributed by atoms with E-state index in [-0.39, 0.29) is 23.9 Å². The second-order valence-electron chi connectivity index (χ2n) is 12.0. The highest BCUT2D eigenvalue weighted by atomic mass is 19.4. The molecule has 2 atom stereocenters. The molecule has 1 aromatic heterocycles. The third-order valence-electron chi connectivity index (χ3n) is 9.31. The fourth-order valence-corrected chi connectivity index (χ4v) is 6.50. The molecule has 2 unspecified atom stereocenters. The molecule has 0 bridgehead atoms. The van der Waals surface area contributed by atoms with Crippen LogP contribution in [0.3, 0.4) is 0 Å². The van der Waals surface area contributed by atoms with Crippen LogP contribution < -0.4 is 9.64 Å². The van der Waals surface area contributed by atoms with E-state index in [0.29, 0.717) is 35.8 Å². The summed E-state index contributed by atoms with van der Waals surface area (Å²) in [6, 6.07) is 10.2. The monoisotopic (exact) mass is 624 g/mol. The van der Waals surface area contributed by atoms with Crippen LogP contribution in [-0.4, -0.2) is 58.3 Å². The minimum absolute atomic E-state index is 0.0469. The maximum atomic E-state index is 13.4. The summed E-state index contributed by atoms with van der Waals surface area (Å²) in [6.07, 6.45) is -0.556. The van der Waals surface area contributed by atoms with E-state index in [9.17, 15) is 27.9 Å². The molecule has 0 spiro atoms. The van der Waals surface area contributed by atoms with Gasteiger partial charge in [0.2, 0.25) is 5.95 Å². The van der Waals surface area contributed by atoms with Crippen LogP contribution in [0.4, 0.5) is 23.9 Å². The number of halogens is 3. The number of aliphatic carboxylic acids is 1. The maximum Gasteiger partial charge on any atom is 0.416 e. The predicted octanol–water partition coefficient (Wildman–Crippen LogP) is 6.82. The van der Waals surface area contributed by atoms with E-state index in [0.717, 1.165) is 55.6 Å². The van der Waals surface area contributed by atoms with Gasteiger partial charge < -0.3 is 19.5 Å². The zero-order valence-electron chi connectivity index (χ0n) is 25.1. The van der Waals surface area contributed by atoms with E-state index < -0.39 is 35.9 Å². The molecule has 12 heteroatoms. The molecule has 0 radical (unpaired) electrons. The molecule has 6 rings (SSSR count). The van der Waals surface area contributed by atoms with Crippen LogP contribution in [0.1, 0.15) is 73.4 Å². The minimum Gasteiger partial charge on any atom is -0.496 e. The number of cyclic esters (lactones) is 1. The second kappa shape index (κ2) is 12.2. The number of carbonyl (C=O) groups excluding carboxylic acids is 1. The first-order valence-electron chi connectivity index (χ1n) is 15.2. The number of rotatable bonds is 8. The Hall–Kier alpha value is -4.35. The Morgan fingerprint density at radius 1 is 1.07 bits per heavy atom. The van der Waals surface area contributed by atoms with Crippen molar-refractivity contribution in [2.75, 3.05) is 25.1 Å². The SMILES string of the molecule is COc1ccc([C@H]2CC[C@H](C(=O)O)CC2)cc1-c1cnc(N2CCC2)nc1CN1C(=O)OC(c2cccc(C(F)(F)F)c2)C1C. The van der Waals surface area contributed by atoms with Crippen LogP contribution in [0.2, 0.25) is 0 Å². The summed E-state index contributed by atoms with van der Waals surface area (Å²) in [7, 11) is 1.57. The van der Waals surface area contributed by atoms with E-state index in [1.54, 1.807) is 20.2 Å². The van der Waals surface area contributed by atoms with Crippen molar-refractivity contribution < 1.29 is 37.3 Å². The van der Waals surface area contributed by atoms with Gasteiger partial charge in [0.1, 0.15) is 11.9 Å². The first kappa shape index (κ1) is 30.7. The molecule has 3 heterocycles. The molecule has 238 valence electrons. The van der Waals surface area contributed by atoms with Crippen LogP contribution in [0.15, 0.2) is 48.7 Å². The van der Waals surface area contributed by atoms with E-state index in [1.807, 2.05) is 23.1 Å². The molecule has 1 amide bonds. The number of carbonyl (C=O) groups is 2. The van der Waals surface area contributed by atoms with Gasteiger partial charge in [-0.15, -0.1) is 0 Å². The van der Waals surface area contributed by atoms with Gasteiger partial charge in [0.25, 0.3) is 0 Å². The lowest BCUT2D eigenvalue weighted by Gasteiger charge is -2.31. The van der Waals surface area contributed by atoms with Crippen LogP contribution >= 0.6 is 0 Å². The Labute approximate surface area is 259 Å². The number of nitrogens with zero attached hydrogens (tertiary/aromatic N) is 4. The van der Waals surface area contributed by atoms with Gasteiger partial charge in [-0.1, -0.05) is 18.2 Å². The first-order chi connectivity index (χ1) is 21.5. The predicted molar refractivity (Wildman–Crippen MR) is 159 cm³/mol. The van der Waals surface area contributed by atoms with Crippen LogP contribution in [0, 0.1) is 5.92 Å². The van der Waals surface area contributed by atoms with Crippen molar-refractivity contribution >= 4 is 18.0 Å². The van der Waals surface area contributed by atoms with Crippen LogP contribution in [0.5, 0.6) is 5.75 Å². The average molecular weight is 625 g/mol. The smallest absolute Gasteiger partial charge is 0.416 e. The maximum absolute atomic E-state index is 13.4. The standard InChI is InChI=1S/C33H35F3N4O5/c1-19-29(23-5-3-6-24(15-23)33(34,35)36)45-32(43)40(19)18-27-26(17-37-31(38-27)39-13-4-14-39)25-16-22(11-12-28(25)44-2)20-7-9-21(10-8-20)30(41)42/h3,5-6,11-12,15-17,19-21,29H,4,7-10,13-14,18H2,1-2H3,(H,41,42)/t19?,20-,21-,29?. The summed E-state index contributed by atoms with van der Waals surface area (Å²) in [5.41, 5.74) is 2.50. The number of hydrogen-bond acceptors (Lipinski definition) is 7. The Morgan fingerprint density at radius 3 is 2.47 bits per heavy atom. The van der Waals surface area contributed by atoms with Gasteiger partial charge in [0, 0.05) is 30.4 Å². The van der Waals surface area contributed by atoms with Crippen molar-refractivity contribution in [1.29, 1.82) is 0 Å². The summed E-state index contributed by atoms with van der Waals surface area (Å²) in [5.74, 6) is 0.250. The van der Waals surface area contributed by atoms with E-state index in [4.69, 9.17) is 14.5 Å². The van der Waals surface area contributed by atoms with Crippen LogP contribution in [0.25, 0.3) is 11.1 Å². The molecule has 9 nitrogen and oxygen atoms in total. The van der Waals surface area contributed by atoms with Gasteiger partial charge in [-0.2, -0.15) is 13.2 Å². The zero-order valence-corrected chi connectivity index (χ0v) is 25.1. The van der Waals surface area contributed by atoms with Gasteiger partial charge in [0.15, 0.2) is 0 Å². The van der Waals surface area contributed by atoms with Crippen molar-refractivity contribution in [3.05, 3.63) is 71.0 Å². The molecule has 2 aliphatic heterocycles. The molecule has 3 aliphatic rings. The number of hydrogen-bond donors (Lipinski definition) is 1. The number of carboxylic acid groups (broad SMARTS) is 1. The first-order valence-corrected chi connectivity index (χ1v) is 15.2. The van der Waals surface area contributed by atoms with Crippen molar-refractivity contribution in [2.45, 2.75) is 69.8 Å². The Balaban J connectivity index is 1.33. The highest BCUT2D eigenvalue weighted by Gasteiger charge is 2.41. The average Bonchev–Trinajstić information content (AvgIpc) is 3.28. The molecule has 1 N–H and O–H groups in total. The highest BCUT2D eigenvalue weighted by molar-refractivity contribution is 5.75. The van der Waals surface area contributed by atoms with Gasteiger partial charge >= 0.3 is 18.2 Å². The number of benzene rings is 2. The van der Waals surface area contributed by atoms with Crippen molar-refractivity contribution in [3.63, 3.8) is 0 Å². The largest absolute Gasteiger partial charge is 0.496 e. The molecule has 1 saturated carbocycles. The lowest BCUT2D eigenvalue weighted by atomic mass is 9.78. The van der Waals surface area contributed by atoms with E-state index in [2.05, 4.69) is 4.98 Å². The molecule has 45 heavy (non-hydrogen) atoms. The number of methoxy groups -OCH3 is 1. The molecule has 3 fully saturated rings. The van der Waals surface area contributed by atoms with Crippen molar-refractivity contribution in [2.24, 2.45) is 5.92 Å². The summed E-state index contributed by atoms with van der Waals surface area (Å²) in [5, 5.41) is 9.43. The van der Waals surface area contributed by atoms with E-state index in [1.165, 1.54) is 17.0 Å². The molecule has 1 aliphatic carbocycles. The summed E-state index contributed by atoms with van der Waals surface area (Å²) < 4.78 is 51.6. The van der Waals surface area contributed by atoms with Crippen LogP contribution in [-0.2, 0) is 22.3 Å². The number of amides is 1. The minimum atomic E-state index is -4.52. The number of ether oxygens (including phenoxy) is 2. The number of carboxylic acids is 1. The molecule has 2 saturated heterocycles. The molecular formula is C33H35F3N4O5. The quantitative estimate of drug-likeness (QED) is 0.291. The fourth-order valence-electron chi connectivity index (χ4n) is 6.50. The third kappa shape index (κ3) is 6.14. The normalized spacial score (nSPS) is 23.4. The van der Waals surface area contributed by atoms with Gasteiger partial charge in [-0.05, 0) is 80.3 Å². The Morgan fingerprint density at radius 2 is 1.82 bits per heavy atom. The highest BCUT2D eigenvalue weighted by Crippen LogP contribution is 2.42. The van der Waals surface area contributed by atoms with Gasteiger partial charge in [-0.25, -0.2) is 14.8 Å². The fraction of sp³-hybridized carbons (Fsp3) is 0.455. The Bertz CT molecular complexity index is 1590. The molecular weight excluding hydrogens is 589 g/mol. The topological polar surface area (TPSA) is 105 Å². The third-order valence-corrected chi connectivity index (χ3v) is 9.31. The Kier molecular flexibility index (Phi) is 8.32. The number of aromatic nitrogens is 2. The summed E-state index contributed by atoms with van der Waals surface area (Å²) in [6.45, 7) is 3.43. The van der Waals surface area contributed by atoms with Crippen molar-refractivity contribution in [1.82, 2.24) is 14.9 Å². The summed E-state index contributed by atoms with van der Waals surface area (Å²) >= 11 is 0. The van der Waals surface area contributed by atoms with E-state index >= 15 is 0 Å². The zero-order chi connectivity index (χ0) is 31.9. The lowest BCUT2D eigenvalue weighted by Crippen LogP contribution is -2.39. The molecule has 2 aromatic carbocycles. The molecule has 3 aromatic rings.